The van der Waals surface area contributed by atoms with Crippen LogP contribution < -0.4 is 5.73 Å². The number of rotatable bonds is 3. The van der Waals surface area contributed by atoms with E-state index >= 15 is 0 Å². The van der Waals surface area contributed by atoms with Crippen molar-refractivity contribution in [1.29, 1.82) is 0 Å². The number of nitrogens with zero attached hydrogens (tertiary/aromatic N) is 2. The molecule has 2 N–H and O–H groups in total. The van der Waals surface area contributed by atoms with Crippen molar-refractivity contribution in [2.45, 2.75) is 26.2 Å². The predicted octanol–water partition coefficient (Wildman–Crippen LogP) is 1.04. The van der Waals surface area contributed by atoms with Crippen LogP contribution in [-0.2, 0) is 13.5 Å². The molecule has 3 heteroatoms. The maximum Gasteiger partial charge on any atom is 0.111 e. The van der Waals surface area contributed by atoms with Crippen LogP contribution in [0.1, 0.15) is 31.3 Å². The average molecular weight is 167 g/mol. The second kappa shape index (κ2) is 3.72. The first-order valence-electron chi connectivity index (χ1n) is 4.37. The van der Waals surface area contributed by atoms with Gasteiger partial charge in [-0.05, 0) is 6.54 Å². The zero-order valence-electron chi connectivity index (χ0n) is 8.04. The minimum Gasteiger partial charge on any atom is -0.335 e. The second-order valence-electron chi connectivity index (χ2n) is 3.36. The molecular weight excluding hydrogens is 150 g/mol. The molecular formula is C9H17N3. The summed E-state index contributed by atoms with van der Waals surface area (Å²) >= 11 is 0. The summed E-state index contributed by atoms with van der Waals surface area (Å²) in [5.41, 5.74) is 6.70. The fourth-order valence-electron chi connectivity index (χ4n) is 1.38. The van der Waals surface area contributed by atoms with Gasteiger partial charge in [-0.1, -0.05) is 13.8 Å². The maximum atomic E-state index is 5.47. The highest BCUT2D eigenvalue weighted by Crippen LogP contribution is 2.13. The van der Waals surface area contributed by atoms with Crippen molar-refractivity contribution in [3.05, 3.63) is 17.7 Å². The van der Waals surface area contributed by atoms with Crippen LogP contribution in [0.15, 0.2) is 6.20 Å². The van der Waals surface area contributed by atoms with Crippen LogP contribution in [0.25, 0.3) is 0 Å². The molecule has 1 heterocycles. The van der Waals surface area contributed by atoms with Crippen LogP contribution in [0.3, 0.4) is 0 Å². The summed E-state index contributed by atoms with van der Waals surface area (Å²) in [7, 11) is 2.05. The molecule has 0 radical (unpaired) electrons. The van der Waals surface area contributed by atoms with Crippen LogP contribution in [0.2, 0.25) is 0 Å². The van der Waals surface area contributed by atoms with Crippen molar-refractivity contribution in [3.63, 3.8) is 0 Å². The smallest absolute Gasteiger partial charge is 0.111 e. The average Bonchev–Trinajstić information content (AvgIpc) is 2.34. The molecule has 1 aromatic heterocycles. The van der Waals surface area contributed by atoms with E-state index < -0.39 is 0 Å². The fourth-order valence-corrected chi connectivity index (χ4v) is 1.38. The minimum atomic E-state index is 0.488. The van der Waals surface area contributed by atoms with Gasteiger partial charge < -0.3 is 10.3 Å². The zero-order chi connectivity index (χ0) is 9.14. The third kappa shape index (κ3) is 1.67. The lowest BCUT2D eigenvalue weighted by Crippen LogP contribution is -2.08. The molecule has 0 amide bonds. The SMILES string of the molecule is CC(C)c1ncc(CCN)n1C. The van der Waals surface area contributed by atoms with E-state index in [2.05, 4.69) is 23.4 Å². The van der Waals surface area contributed by atoms with Crippen LogP contribution in [-0.4, -0.2) is 16.1 Å². The Morgan fingerprint density at radius 1 is 1.58 bits per heavy atom. The molecule has 0 atom stereocenters. The number of nitrogens with two attached hydrogens (primary N) is 1. The molecule has 1 rings (SSSR count). The summed E-state index contributed by atoms with van der Waals surface area (Å²) in [5, 5.41) is 0. The maximum absolute atomic E-state index is 5.47. The summed E-state index contributed by atoms with van der Waals surface area (Å²) < 4.78 is 2.14. The van der Waals surface area contributed by atoms with E-state index in [-0.39, 0.29) is 0 Å². The summed E-state index contributed by atoms with van der Waals surface area (Å²) in [6, 6.07) is 0. The number of hydrogen-bond donors (Lipinski definition) is 1. The molecule has 0 aliphatic rings. The first kappa shape index (κ1) is 9.26. The van der Waals surface area contributed by atoms with Crippen molar-refractivity contribution in [1.82, 2.24) is 9.55 Å². The van der Waals surface area contributed by atoms with Gasteiger partial charge in [0.2, 0.25) is 0 Å². The van der Waals surface area contributed by atoms with Gasteiger partial charge in [0.25, 0.3) is 0 Å². The quantitative estimate of drug-likeness (QED) is 0.731. The Bertz CT molecular complexity index is 250. The van der Waals surface area contributed by atoms with Crippen molar-refractivity contribution in [2.24, 2.45) is 12.8 Å². The lowest BCUT2D eigenvalue weighted by Gasteiger charge is -2.06. The first-order chi connectivity index (χ1) is 5.66. The number of imidazole rings is 1. The Labute approximate surface area is 73.6 Å². The van der Waals surface area contributed by atoms with Gasteiger partial charge >= 0.3 is 0 Å². The molecule has 0 saturated carbocycles. The summed E-state index contributed by atoms with van der Waals surface area (Å²) in [6.45, 7) is 4.99. The Kier molecular flexibility index (Phi) is 2.87. The molecule has 68 valence electrons. The standard InChI is InChI=1S/C9H17N3/c1-7(2)9-11-6-8(4-5-10)12(9)3/h6-7H,4-5,10H2,1-3H3. The van der Waals surface area contributed by atoms with E-state index in [9.17, 15) is 0 Å². The van der Waals surface area contributed by atoms with Gasteiger partial charge in [0.1, 0.15) is 5.82 Å². The van der Waals surface area contributed by atoms with Gasteiger partial charge in [0.15, 0.2) is 0 Å². The van der Waals surface area contributed by atoms with Crippen molar-refractivity contribution in [2.75, 3.05) is 6.54 Å². The van der Waals surface area contributed by atoms with Gasteiger partial charge in [0, 0.05) is 31.3 Å². The summed E-state index contributed by atoms with van der Waals surface area (Å²) in [4.78, 5) is 4.34. The summed E-state index contributed by atoms with van der Waals surface area (Å²) in [6.07, 6.45) is 2.83. The molecule has 12 heavy (non-hydrogen) atoms. The highest BCUT2D eigenvalue weighted by atomic mass is 15.1. The Balaban J connectivity index is 2.88. The van der Waals surface area contributed by atoms with Gasteiger partial charge in [-0.2, -0.15) is 0 Å². The molecule has 0 bridgehead atoms. The Morgan fingerprint density at radius 3 is 2.67 bits per heavy atom. The minimum absolute atomic E-state index is 0.488. The summed E-state index contributed by atoms with van der Waals surface area (Å²) in [5.74, 6) is 1.62. The van der Waals surface area contributed by atoms with Crippen molar-refractivity contribution in [3.8, 4) is 0 Å². The van der Waals surface area contributed by atoms with Crippen LogP contribution >= 0.6 is 0 Å². The highest BCUT2D eigenvalue weighted by molar-refractivity contribution is 5.07. The lowest BCUT2D eigenvalue weighted by molar-refractivity contribution is 0.686. The van der Waals surface area contributed by atoms with E-state index in [0.717, 1.165) is 12.2 Å². The van der Waals surface area contributed by atoms with Crippen LogP contribution in [0.4, 0.5) is 0 Å². The van der Waals surface area contributed by atoms with Gasteiger partial charge in [0.05, 0.1) is 0 Å². The monoisotopic (exact) mass is 167 g/mol. The van der Waals surface area contributed by atoms with Crippen LogP contribution in [0.5, 0.6) is 0 Å². The molecule has 0 aliphatic heterocycles. The van der Waals surface area contributed by atoms with Crippen LogP contribution in [0, 0.1) is 0 Å². The third-order valence-corrected chi connectivity index (χ3v) is 2.04. The third-order valence-electron chi connectivity index (χ3n) is 2.04. The van der Waals surface area contributed by atoms with E-state index in [1.165, 1.54) is 5.69 Å². The molecule has 0 saturated heterocycles. The normalized spacial score (nSPS) is 11.1. The van der Waals surface area contributed by atoms with Gasteiger partial charge in [-0.15, -0.1) is 0 Å². The molecule has 0 spiro atoms. The fraction of sp³-hybridized carbons (Fsp3) is 0.667. The molecule has 3 nitrogen and oxygen atoms in total. The number of aromatic nitrogens is 2. The Morgan fingerprint density at radius 2 is 2.25 bits per heavy atom. The van der Waals surface area contributed by atoms with E-state index in [0.29, 0.717) is 12.5 Å². The highest BCUT2D eigenvalue weighted by Gasteiger charge is 2.08. The van der Waals surface area contributed by atoms with E-state index in [1.807, 2.05) is 13.2 Å². The van der Waals surface area contributed by atoms with E-state index in [4.69, 9.17) is 5.73 Å². The lowest BCUT2D eigenvalue weighted by atomic mass is 10.2. The number of hydrogen-bond acceptors (Lipinski definition) is 2. The molecule has 0 aliphatic carbocycles. The Hall–Kier alpha value is -0.830. The van der Waals surface area contributed by atoms with E-state index in [1.54, 1.807) is 0 Å². The molecule has 0 aromatic carbocycles. The van der Waals surface area contributed by atoms with Crippen molar-refractivity contribution < 1.29 is 0 Å². The van der Waals surface area contributed by atoms with Gasteiger partial charge in [-0.3, -0.25) is 0 Å². The molecule has 0 fully saturated rings. The van der Waals surface area contributed by atoms with Gasteiger partial charge in [-0.25, -0.2) is 4.98 Å². The molecule has 1 aromatic rings. The topological polar surface area (TPSA) is 43.8 Å². The van der Waals surface area contributed by atoms with Crippen molar-refractivity contribution >= 4 is 0 Å². The largest absolute Gasteiger partial charge is 0.335 e. The second-order valence-corrected chi connectivity index (χ2v) is 3.36. The zero-order valence-corrected chi connectivity index (χ0v) is 8.04. The first-order valence-corrected chi connectivity index (χ1v) is 4.37. The molecule has 0 unspecified atom stereocenters. The predicted molar refractivity (Wildman–Crippen MR) is 50.1 cm³/mol.